The summed E-state index contributed by atoms with van der Waals surface area (Å²) in [5, 5.41) is 8.54. The minimum atomic E-state index is -3.60. The Kier molecular flexibility index (Phi) is 5.72. The Morgan fingerprint density at radius 2 is 2.00 bits per heavy atom. The van der Waals surface area contributed by atoms with Crippen molar-refractivity contribution in [1.82, 2.24) is 13.9 Å². The first-order chi connectivity index (χ1) is 8.74. The van der Waals surface area contributed by atoms with E-state index < -0.39 is 16.2 Å². The highest BCUT2D eigenvalue weighted by Gasteiger charge is 2.29. The van der Waals surface area contributed by atoms with Gasteiger partial charge in [-0.3, -0.25) is 9.69 Å². The zero-order valence-electron chi connectivity index (χ0n) is 11.7. The van der Waals surface area contributed by atoms with E-state index in [1.165, 1.54) is 19.9 Å². The number of hydrogen-bond donors (Lipinski definition) is 2. The average molecular weight is 293 g/mol. The van der Waals surface area contributed by atoms with E-state index in [-0.39, 0.29) is 19.0 Å². The number of carboxylic acids is 1. The van der Waals surface area contributed by atoms with Crippen LogP contribution in [0.2, 0.25) is 0 Å². The van der Waals surface area contributed by atoms with E-state index in [2.05, 4.69) is 9.62 Å². The summed E-state index contributed by atoms with van der Waals surface area (Å²) in [6.45, 7) is 2.27. The van der Waals surface area contributed by atoms with Gasteiger partial charge < -0.3 is 5.11 Å². The summed E-state index contributed by atoms with van der Waals surface area (Å²) in [4.78, 5) is 12.6. The molecule has 1 rings (SSSR count). The molecule has 0 radical (unpaired) electrons. The van der Waals surface area contributed by atoms with Crippen LogP contribution >= 0.6 is 0 Å². The van der Waals surface area contributed by atoms with Crippen LogP contribution in [0, 0.1) is 0 Å². The fourth-order valence-electron chi connectivity index (χ4n) is 1.70. The minimum Gasteiger partial charge on any atom is -0.481 e. The Bertz CT molecular complexity index is 408. The summed E-state index contributed by atoms with van der Waals surface area (Å²) >= 11 is 0. The molecule has 1 unspecified atom stereocenters. The SMILES string of the molecule is CC(CNS(=O)(=O)N(C)CCC(=O)O)N(C)C1CC1. The second kappa shape index (κ2) is 6.65. The second-order valence-electron chi connectivity index (χ2n) is 5.06. The van der Waals surface area contributed by atoms with E-state index in [0.29, 0.717) is 12.6 Å². The van der Waals surface area contributed by atoms with Crippen LogP contribution in [-0.2, 0) is 15.0 Å². The van der Waals surface area contributed by atoms with Gasteiger partial charge in [0.2, 0.25) is 0 Å². The molecule has 112 valence electrons. The molecule has 1 aliphatic carbocycles. The van der Waals surface area contributed by atoms with E-state index in [1.54, 1.807) is 0 Å². The lowest BCUT2D eigenvalue weighted by atomic mass is 10.3. The molecule has 0 aliphatic heterocycles. The summed E-state index contributed by atoms with van der Waals surface area (Å²) in [7, 11) is -0.230. The molecule has 8 heteroatoms. The van der Waals surface area contributed by atoms with E-state index >= 15 is 0 Å². The lowest BCUT2D eigenvalue weighted by molar-refractivity contribution is -0.137. The van der Waals surface area contributed by atoms with Crippen molar-refractivity contribution in [1.29, 1.82) is 0 Å². The molecule has 2 N–H and O–H groups in total. The van der Waals surface area contributed by atoms with Crippen molar-refractivity contribution < 1.29 is 18.3 Å². The largest absolute Gasteiger partial charge is 0.481 e. The Morgan fingerprint density at radius 1 is 1.42 bits per heavy atom. The van der Waals surface area contributed by atoms with Crippen molar-refractivity contribution >= 4 is 16.2 Å². The maximum absolute atomic E-state index is 11.9. The highest BCUT2D eigenvalue weighted by atomic mass is 32.2. The fraction of sp³-hybridized carbons (Fsp3) is 0.909. The summed E-state index contributed by atoms with van der Waals surface area (Å²) < 4.78 is 27.3. The van der Waals surface area contributed by atoms with Crippen LogP contribution in [-0.4, -0.2) is 68.0 Å². The van der Waals surface area contributed by atoms with Crippen molar-refractivity contribution in [3.63, 3.8) is 0 Å². The molecule has 0 saturated heterocycles. The molecule has 0 bridgehead atoms. The summed E-state index contributed by atoms with van der Waals surface area (Å²) in [6.07, 6.45) is 2.15. The smallest absolute Gasteiger partial charge is 0.304 e. The van der Waals surface area contributed by atoms with Crippen LogP contribution in [0.25, 0.3) is 0 Å². The maximum atomic E-state index is 11.9. The van der Waals surface area contributed by atoms with E-state index in [4.69, 9.17) is 5.11 Å². The average Bonchev–Trinajstić information content (AvgIpc) is 3.16. The molecular formula is C11H23N3O4S. The first kappa shape index (κ1) is 16.4. The molecule has 0 aromatic rings. The van der Waals surface area contributed by atoms with Gasteiger partial charge in [0.05, 0.1) is 6.42 Å². The number of aliphatic carboxylic acids is 1. The molecular weight excluding hydrogens is 270 g/mol. The van der Waals surface area contributed by atoms with E-state index in [1.807, 2.05) is 14.0 Å². The van der Waals surface area contributed by atoms with Crippen LogP contribution < -0.4 is 4.72 Å². The topological polar surface area (TPSA) is 90.0 Å². The zero-order chi connectivity index (χ0) is 14.6. The number of likely N-dealkylation sites (N-methyl/N-ethyl adjacent to an activating group) is 1. The van der Waals surface area contributed by atoms with E-state index in [0.717, 1.165) is 4.31 Å². The molecule has 0 heterocycles. The van der Waals surface area contributed by atoms with Crippen LogP contribution in [0.1, 0.15) is 26.2 Å². The zero-order valence-corrected chi connectivity index (χ0v) is 12.5. The van der Waals surface area contributed by atoms with E-state index in [9.17, 15) is 13.2 Å². The number of nitrogens with one attached hydrogen (secondary N) is 1. The Morgan fingerprint density at radius 3 is 2.47 bits per heavy atom. The highest BCUT2D eigenvalue weighted by molar-refractivity contribution is 7.87. The standard InChI is InChI=1S/C11H23N3O4S/c1-9(14(3)10-4-5-10)8-12-19(17,18)13(2)7-6-11(15)16/h9-10,12H,4-8H2,1-3H3,(H,15,16). The van der Waals surface area contributed by atoms with Gasteiger partial charge in [-0.05, 0) is 26.8 Å². The van der Waals surface area contributed by atoms with Crippen LogP contribution in [0.5, 0.6) is 0 Å². The number of carboxylic acid groups (broad SMARTS) is 1. The predicted molar refractivity (Wildman–Crippen MR) is 72.1 cm³/mol. The van der Waals surface area contributed by atoms with Crippen LogP contribution in [0.3, 0.4) is 0 Å². The van der Waals surface area contributed by atoms with Crippen molar-refractivity contribution in [2.24, 2.45) is 0 Å². The quantitative estimate of drug-likeness (QED) is 0.610. The molecule has 1 fully saturated rings. The molecule has 0 amide bonds. The van der Waals surface area contributed by atoms with Gasteiger partial charge in [-0.25, -0.2) is 4.72 Å². The Labute approximate surface area is 114 Å². The number of rotatable bonds is 9. The third-order valence-electron chi connectivity index (χ3n) is 3.43. The van der Waals surface area contributed by atoms with Crippen molar-refractivity contribution in [3.8, 4) is 0 Å². The van der Waals surface area contributed by atoms with Gasteiger partial charge in [-0.1, -0.05) is 0 Å². The number of carbonyl (C=O) groups is 1. The lowest BCUT2D eigenvalue weighted by Crippen LogP contribution is -2.45. The maximum Gasteiger partial charge on any atom is 0.304 e. The second-order valence-corrected chi connectivity index (χ2v) is 6.93. The van der Waals surface area contributed by atoms with Crippen LogP contribution in [0.4, 0.5) is 0 Å². The normalized spacial score (nSPS) is 17.9. The van der Waals surface area contributed by atoms with Crippen molar-refractivity contribution in [2.75, 3.05) is 27.2 Å². The van der Waals surface area contributed by atoms with Gasteiger partial charge >= 0.3 is 5.97 Å². The summed E-state index contributed by atoms with van der Waals surface area (Å²) in [5.41, 5.74) is 0. The Balaban J connectivity index is 2.38. The van der Waals surface area contributed by atoms with Gasteiger partial charge in [0.15, 0.2) is 0 Å². The minimum absolute atomic E-state index is 0.0302. The number of nitrogens with zero attached hydrogens (tertiary/aromatic N) is 2. The molecule has 0 spiro atoms. The third-order valence-corrected chi connectivity index (χ3v) is 4.96. The van der Waals surface area contributed by atoms with Gasteiger partial charge in [0, 0.05) is 32.2 Å². The van der Waals surface area contributed by atoms with Crippen molar-refractivity contribution in [2.45, 2.75) is 38.3 Å². The molecule has 1 aliphatic rings. The molecule has 0 aromatic heterocycles. The van der Waals surface area contributed by atoms with Crippen LogP contribution in [0.15, 0.2) is 0 Å². The number of hydrogen-bond acceptors (Lipinski definition) is 4. The predicted octanol–water partition coefficient (Wildman–Crippen LogP) is -0.290. The Hall–Kier alpha value is -0.700. The molecule has 1 saturated carbocycles. The monoisotopic (exact) mass is 293 g/mol. The molecule has 0 aromatic carbocycles. The van der Waals surface area contributed by atoms with Gasteiger partial charge in [0.1, 0.15) is 0 Å². The summed E-state index contributed by atoms with van der Waals surface area (Å²) in [6, 6.07) is 0.694. The third kappa shape index (κ3) is 5.43. The lowest BCUT2D eigenvalue weighted by Gasteiger charge is -2.25. The van der Waals surface area contributed by atoms with Gasteiger partial charge in [-0.2, -0.15) is 12.7 Å². The summed E-state index contributed by atoms with van der Waals surface area (Å²) in [5.74, 6) is -1.01. The fourth-order valence-corrected chi connectivity index (χ4v) is 2.70. The first-order valence-corrected chi connectivity index (χ1v) is 7.82. The van der Waals surface area contributed by atoms with Crippen molar-refractivity contribution in [3.05, 3.63) is 0 Å². The van der Waals surface area contributed by atoms with Gasteiger partial charge in [0.25, 0.3) is 10.2 Å². The van der Waals surface area contributed by atoms with Gasteiger partial charge in [-0.15, -0.1) is 0 Å². The molecule has 7 nitrogen and oxygen atoms in total. The highest BCUT2D eigenvalue weighted by Crippen LogP contribution is 2.26. The molecule has 1 atom stereocenters. The molecule has 19 heavy (non-hydrogen) atoms. The first-order valence-electron chi connectivity index (χ1n) is 6.38.